The van der Waals surface area contributed by atoms with E-state index in [2.05, 4.69) is 6.07 Å². The van der Waals surface area contributed by atoms with Crippen LogP contribution in [0.5, 0.6) is 0 Å². The molecule has 0 unspecified atom stereocenters. The summed E-state index contributed by atoms with van der Waals surface area (Å²) in [7, 11) is 0. The van der Waals surface area contributed by atoms with E-state index in [0.29, 0.717) is 6.42 Å². The third-order valence-corrected chi connectivity index (χ3v) is 1.78. The van der Waals surface area contributed by atoms with Crippen molar-refractivity contribution in [3.8, 4) is 0 Å². The molecule has 0 aliphatic carbocycles. The third kappa shape index (κ3) is 3.33. The van der Waals surface area contributed by atoms with Crippen molar-refractivity contribution in [2.24, 2.45) is 0 Å². The summed E-state index contributed by atoms with van der Waals surface area (Å²) in [6.07, 6.45) is 2.65. The lowest BCUT2D eigenvalue weighted by Crippen LogP contribution is -1.91. The maximum absolute atomic E-state index is 10.6. The van der Waals surface area contributed by atoms with Crippen LogP contribution < -0.4 is 0 Å². The SMILES string of the molecule is CC(=O)CCCc1cc[c]cc1. The molecule has 0 spiro atoms. The summed E-state index contributed by atoms with van der Waals surface area (Å²) < 4.78 is 0. The van der Waals surface area contributed by atoms with Gasteiger partial charge in [-0.1, -0.05) is 24.3 Å². The van der Waals surface area contributed by atoms with Gasteiger partial charge in [-0.3, -0.25) is 0 Å². The van der Waals surface area contributed by atoms with Crippen LogP contribution in [0.15, 0.2) is 24.3 Å². The van der Waals surface area contributed by atoms with Crippen molar-refractivity contribution in [2.45, 2.75) is 26.2 Å². The van der Waals surface area contributed by atoms with Gasteiger partial charge in [0, 0.05) is 6.42 Å². The monoisotopic (exact) mass is 161 g/mol. The van der Waals surface area contributed by atoms with E-state index in [0.717, 1.165) is 12.8 Å². The second-order valence-corrected chi connectivity index (χ2v) is 2.96. The van der Waals surface area contributed by atoms with Crippen LogP contribution in [0.25, 0.3) is 0 Å². The first kappa shape index (κ1) is 8.98. The molecule has 1 radical (unpaired) electrons. The van der Waals surface area contributed by atoms with Gasteiger partial charge in [0.05, 0.1) is 0 Å². The average Bonchev–Trinajstić information content (AvgIpc) is 2.05. The van der Waals surface area contributed by atoms with Crippen LogP contribution in [0, 0.1) is 6.07 Å². The van der Waals surface area contributed by atoms with E-state index in [1.807, 2.05) is 24.3 Å². The Kier molecular flexibility index (Phi) is 3.52. The van der Waals surface area contributed by atoms with Crippen molar-refractivity contribution in [2.75, 3.05) is 0 Å². The molecule has 1 aromatic rings. The van der Waals surface area contributed by atoms with Crippen molar-refractivity contribution in [1.29, 1.82) is 0 Å². The molecular formula is C11H13O. The van der Waals surface area contributed by atoms with Gasteiger partial charge in [0.2, 0.25) is 0 Å². The number of aryl methyl sites for hydroxylation is 1. The van der Waals surface area contributed by atoms with E-state index < -0.39 is 0 Å². The second kappa shape index (κ2) is 4.70. The highest BCUT2D eigenvalue weighted by Gasteiger charge is 1.94. The Morgan fingerprint density at radius 1 is 1.42 bits per heavy atom. The Balaban J connectivity index is 2.29. The highest BCUT2D eigenvalue weighted by atomic mass is 16.1. The number of Topliss-reactive ketones (excluding diaryl/α,β-unsaturated/α-hetero) is 1. The average molecular weight is 161 g/mol. The molecule has 1 heteroatoms. The van der Waals surface area contributed by atoms with Crippen LogP contribution in [0.2, 0.25) is 0 Å². The van der Waals surface area contributed by atoms with Crippen LogP contribution in [0.4, 0.5) is 0 Å². The van der Waals surface area contributed by atoms with Gasteiger partial charge >= 0.3 is 0 Å². The number of carbonyl (C=O) groups excluding carboxylic acids is 1. The van der Waals surface area contributed by atoms with E-state index in [-0.39, 0.29) is 5.78 Å². The Morgan fingerprint density at radius 2 is 2.08 bits per heavy atom. The number of hydrogen-bond acceptors (Lipinski definition) is 1. The zero-order chi connectivity index (χ0) is 8.81. The van der Waals surface area contributed by atoms with E-state index in [9.17, 15) is 4.79 Å². The molecule has 0 bridgehead atoms. The summed E-state index contributed by atoms with van der Waals surface area (Å²) in [4.78, 5) is 10.6. The highest BCUT2D eigenvalue weighted by Crippen LogP contribution is 2.03. The molecule has 0 atom stereocenters. The molecule has 0 aliphatic heterocycles. The summed E-state index contributed by atoms with van der Waals surface area (Å²) in [5, 5.41) is 0. The van der Waals surface area contributed by atoms with E-state index in [1.54, 1.807) is 6.92 Å². The molecule has 0 fully saturated rings. The molecule has 0 aromatic heterocycles. The Hall–Kier alpha value is -1.11. The lowest BCUT2D eigenvalue weighted by molar-refractivity contribution is -0.117. The topological polar surface area (TPSA) is 17.1 Å². The first-order valence-corrected chi connectivity index (χ1v) is 4.23. The van der Waals surface area contributed by atoms with Gasteiger partial charge in [-0.15, -0.1) is 0 Å². The fourth-order valence-electron chi connectivity index (χ4n) is 1.13. The van der Waals surface area contributed by atoms with E-state index in [4.69, 9.17) is 0 Å². The second-order valence-electron chi connectivity index (χ2n) is 2.96. The van der Waals surface area contributed by atoms with Crippen molar-refractivity contribution in [1.82, 2.24) is 0 Å². The van der Waals surface area contributed by atoms with Gasteiger partial charge < -0.3 is 4.79 Å². The summed E-state index contributed by atoms with van der Waals surface area (Å²) >= 11 is 0. The van der Waals surface area contributed by atoms with E-state index in [1.165, 1.54) is 5.56 Å². The number of carbonyl (C=O) groups is 1. The molecule has 1 aromatic carbocycles. The maximum atomic E-state index is 10.6. The summed E-state index contributed by atoms with van der Waals surface area (Å²) in [5.74, 6) is 0.275. The van der Waals surface area contributed by atoms with Crippen molar-refractivity contribution < 1.29 is 4.79 Å². The minimum absolute atomic E-state index is 0.275. The zero-order valence-electron chi connectivity index (χ0n) is 7.34. The molecule has 1 rings (SSSR count). The first-order valence-electron chi connectivity index (χ1n) is 4.23. The molecular weight excluding hydrogens is 148 g/mol. The zero-order valence-corrected chi connectivity index (χ0v) is 7.34. The van der Waals surface area contributed by atoms with Gasteiger partial charge in [0.1, 0.15) is 5.78 Å². The molecule has 0 N–H and O–H groups in total. The fraction of sp³-hybridized carbons (Fsp3) is 0.364. The van der Waals surface area contributed by atoms with Crippen molar-refractivity contribution in [3.63, 3.8) is 0 Å². The van der Waals surface area contributed by atoms with Gasteiger partial charge in [-0.05, 0) is 31.4 Å². The molecule has 1 nitrogen and oxygen atoms in total. The quantitative estimate of drug-likeness (QED) is 0.662. The number of hydrogen-bond donors (Lipinski definition) is 0. The minimum Gasteiger partial charge on any atom is -0.300 e. The van der Waals surface area contributed by atoms with Crippen LogP contribution in [-0.4, -0.2) is 5.78 Å². The van der Waals surface area contributed by atoms with Crippen LogP contribution in [0.3, 0.4) is 0 Å². The lowest BCUT2D eigenvalue weighted by atomic mass is 10.1. The van der Waals surface area contributed by atoms with Gasteiger partial charge in [-0.2, -0.15) is 0 Å². The van der Waals surface area contributed by atoms with Gasteiger partial charge in [-0.25, -0.2) is 0 Å². The molecule has 0 saturated carbocycles. The molecule has 0 saturated heterocycles. The Bertz CT molecular complexity index is 238. The number of rotatable bonds is 4. The van der Waals surface area contributed by atoms with Gasteiger partial charge in [0.25, 0.3) is 0 Å². The molecule has 0 amide bonds. The predicted molar refractivity (Wildman–Crippen MR) is 48.9 cm³/mol. The maximum Gasteiger partial charge on any atom is 0.129 e. The molecule has 0 aliphatic rings. The van der Waals surface area contributed by atoms with Crippen LogP contribution in [-0.2, 0) is 11.2 Å². The highest BCUT2D eigenvalue weighted by molar-refractivity contribution is 5.75. The smallest absolute Gasteiger partial charge is 0.129 e. The summed E-state index contributed by atoms with van der Waals surface area (Å²) in [6.45, 7) is 1.64. The normalized spacial score (nSPS) is 9.75. The molecule has 12 heavy (non-hydrogen) atoms. The van der Waals surface area contributed by atoms with Crippen molar-refractivity contribution >= 4 is 5.78 Å². The fourth-order valence-corrected chi connectivity index (χ4v) is 1.13. The molecule has 0 heterocycles. The third-order valence-electron chi connectivity index (χ3n) is 1.78. The number of benzene rings is 1. The largest absolute Gasteiger partial charge is 0.300 e. The summed E-state index contributed by atoms with van der Waals surface area (Å²) in [5.41, 5.74) is 1.29. The van der Waals surface area contributed by atoms with Gasteiger partial charge in [0.15, 0.2) is 0 Å². The standard InChI is InChI=1S/C11H13O/c1-10(12)6-5-9-11-7-3-2-4-8-11/h3-4,7-8H,5-6,9H2,1H3. The van der Waals surface area contributed by atoms with E-state index >= 15 is 0 Å². The lowest BCUT2D eigenvalue weighted by Gasteiger charge is -1.97. The molecule has 63 valence electrons. The minimum atomic E-state index is 0.275. The first-order chi connectivity index (χ1) is 5.79. The van der Waals surface area contributed by atoms with Crippen LogP contribution in [0.1, 0.15) is 25.3 Å². The Morgan fingerprint density at radius 3 is 2.67 bits per heavy atom. The Labute approximate surface area is 73.4 Å². The number of ketones is 1. The summed E-state index contributed by atoms with van der Waals surface area (Å²) in [6, 6.07) is 10.9. The predicted octanol–water partition coefficient (Wildman–Crippen LogP) is 2.40. The van der Waals surface area contributed by atoms with Crippen LogP contribution >= 0.6 is 0 Å². The van der Waals surface area contributed by atoms with Crippen molar-refractivity contribution in [3.05, 3.63) is 35.9 Å².